The molecule has 1 atom stereocenters. The van der Waals surface area contributed by atoms with E-state index in [-0.39, 0.29) is 35.8 Å². The standard InChI is InChI=1S/C19H29FN6.HI/c1-4-21-19(22-10-6-12-26-13-7-11-24-26)23-15-18(25(2)3)16-8-5-9-17(20)14-16;/h5,7-9,11,13-14,18H,4,6,10,12,15H2,1-3H3,(H2,21,22,23);1H. The van der Waals surface area contributed by atoms with Gasteiger partial charge in [-0.1, -0.05) is 12.1 Å². The van der Waals surface area contributed by atoms with Crippen LogP contribution in [0.1, 0.15) is 24.9 Å². The molecule has 0 aliphatic rings. The lowest BCUT2D eigenvalue weighted by molar-refractivity contribution is 0.305. The smallest absolute Gasteiger partial charge is 0.191 e. The second-order valence-corrected chi connectivity index (χ2v) is 6.30. The topological polar surface area (TPSA) is 57.5 Å². The number of nitrogens with zero attached hydrogens (tertiary/aromatic N) is 4. The Hall–Kier alpha value is -1.68. The minimum absolute atomic E-state index is 0. The molecule has 150 valence electrons. The Labute approximate surface area is 178 Å². The zero-order valence-electron chi connectivity index (χ0n) is 16.2. The van der Waals surface area contributed by atoms with Gasteiger partial charge in [-0.15, -0.1) is 24.0 Å². The maximum absolute atomic E-state index is 13.5. The fourth-order valence-corrected chi connectivity index (χ4v) is 2.68. The molecule has 27 heavy (non-hydrogen) atoms. The maximum Gasteiger partial charge on any atom is 0.191 e. The molecule has 0 saturated carbocycles. The quantitative estimate of drug-likeness (QED) is 0.247. The first-order valence-electron chi connectivity index (χ1n) is 9.01. The average molecular weight is 488 g/mol. The first-order chi connectivity index (χ1) is 12.6. The Kier molecular flexibility index (Phi) is 11.0. The van der Waals surface area contributed by atoms with Crippen LogP contribution in [0.4, 0.5) is 4.39 Å². The zero-order valence-corrected chi connectivity index (χ0v) is 18.6. The number of rotatable bonds is 9. The van der Waals surface area contributed by atoms with E-state index in [1.54, 1.807) is 18.3 Å². The summed E-state index contributed by atoms with van der Waals surface area (Å²) in [4.78, 5) is 6.74. The molecule has 1 aromatic heterocycles. The van der Waals surface area contributed by atoms with Crippen molar-refractivity contribution in [3.63, 3.8) is 0 Å². The van der Waals surface area contributed by atoms with E-state index >= 15 is 0 Å². The summed E-state index contributed by atoms with van der Waals surface area (Å²) in [6, 6.07) is 8.66. The Morgan fingerprint density at radius 1 is 1.30 bits per heavy atom. The van der Waals surface area contributed by atoms with Gasteiger partial charge in [0.1, 0.15) is 5.82 Å². The molecule has 8 heteroatoms. The highest BCUT2D eigenvalue weighted by atomic mass is 127. The molecule has 1 unspecified atom stereocenters. The van der Waals surface area contributed by atoms with Crippen LogP contribution in [0.3, 0.4) is 0 Å². The number of aromatic nitrogens is 2. The van der Waals surface area contributed by atoms with Crippen molar-refractivity contribution >= 4 is 29.9 Å². The van der Waals surface area contributed by atoms with Crippen molar-refractivity contribution in [3.8, 4) is 0 Å². The van der Waals surface area contributed by atoms with Gasteiger partial charge < -0.3 is 15.5 Å². The van der Waals surface area contributed by atoms with Gasteiger partial charge in [0.15, 0.2) is 5.96 Å². The van der Waals surface area contributed by atoms with Crippen LogP contribution in [0.25, 0.3) is 0 Å². The third-order valence-electron chi connectivity index (χ3n) is 4.04. The van der Waals surface area contributed by atoms with Gasteiger partial charge in [-0.25, -0.2) is 4.39 Å². The summed E-state index contributed by atoms with van der Waals surface area (Å²) < 4.78 is 15.5. The molecule has 0 radical (unpaired) electrons. The normalized spacial score (nSPS) is 12.6. The Morgan fingerprint density at radius 2 is 2.11 bits per heavy atom. The molecule has 0 bridgehead atoms. The van der Waals surface area contributed by atoms with E-state index in [2.05, 4.69) is 25.6 Å². The molecule has 0 aliphatic heterocycles. The number of halogens is 2. The lowest BCUT2D eigenvalue weighted by Gasteiger charge is -2.23. The number of aryl methyl sites for hydroxylation is 1. The van der Waals surface area contributed by atoms with Crippen molar-refractivity contribution in [1.82, 2.24) is 25.3 Å². The third kappa shape index (κ3) is 8.25. The lowest BCUT2D eigenvalue weighted by Crippen LogP contribution is -2.38. The molecule has 0 aliphatic carbocycles. The van der Waals surface area contributed by atoms with Crippen LogP contribution in [0.2, 0.25) is 0 Å². The summed E-state index contributed by atoms with van der Waals surface area (Å²) >= 11 is 0. The van der Waals surface area contributed by atoms with E-state index in [0.29, 0.717) is 6.54 Å². The minimum atomic E-state index is -0.220. The zero-order chi connectivity index (χ0) is 18.8. The van der Waals surface area contributed by atoms with E-state index in [1.165, 1.54) is 6.07 Å². The number of hydrogen-bond donors (Lipinski definition) is 2. The first kappa shape index (κ1) is 23.4. The van der Waals surface area contributed by atoms with E-state index in [0.717, 1.165) is 37.6 Å². The highest BCUT2D eigenvalue weighted by Crippen LogP contribution is 2.19. The molecule has 2 rings (SSSR count). The summed E-state index contributed by atoms with van der Waals surface area (Å²) in [6.45, 7) is 5.04. The Morgan fingerprint density at radius 3 is 2.74 bits per heavy atom. The van der Waals surface area contributed by atoms with Crippen molar-refractivity contribution in [2.75, 3.05) is 33.7 Å². The van der Waals surface area contributed by atoms with Gasteiger partial charge in [-0.05, 0) is 51.2 Å². The third-order valence-corrected chi connectivity index (χ3v) is 4.04. The summed E-state index contributed by atoms with van der Waals surface area (Å²) in [5, 5.41) is 10.8. The lowest BCUT2D eigenvalue weighted by atomic mass is 10.1. The predicted octanol–water partition coefficient (Wildman–Crippen LogP) is 2.89. The van der Waals surface area contributed by atoms with Gasteiger partial charge in [0.25, 0.3) is 0 Å². The van der Waals surface area contributed by atoms with Gasteiger partial charge in [0.2, 0.25) is 0 Å². The van der Waals surface area contributed by atoms with Crippen LogP contribution in [-0.2, 0) is 6.54 Å². The van der Waals surface area contributed by atoms with E-state index in [9.17, 15) is 4.39 Å². The molecule has 1 aromatic carbocycles. The Bertz CT molecular complexity index is 675. The van der Waals surface area contributed by atoms with E-state index < -0.39 is 0 Å². The number of benzene rings is 1. The average Bonchev–Trinajstić information content (AvgIpc) is 3.12. The molecule has 0 amide bonds. The second-order valence-electron chi connectivity index (χ2n) is 6.30. The van der Waals surface area contributed by atoms with Crippen molar-refractivity contribution < 1.29 is 4.39 Å². The summed E-state index contributed by atoms with van der Waals surface area (Å²) in [5.41, 5.74) is 0.924. The van der Waals surface area contributed by atoms with Crippen LogP contribution < -0.4 is 10.6 Å². The molecule has 0 spiro atoms. The second kappa shape index (κ2) is 12.7. The number of aliphatic imine (C=N–C) groups is 1. The maximum atomic E-state index is 13.5. The molecular formula is C19H30FIN6. The number of nitrogens with one attached hydrogen (secondary N) is 2. The molecule has 0 fully saturated rings. The fourth-order valence-electron chi connectivity index (χ4n) is 2.68. The van der Waals surface area contributed by atoms with Crippen LogP contribution in [0.5, 0.6) is 0 Å². The number of guanidine groups is 1. The molecule has 2 aromatic rings. The summed E-state index contributed by atoms with van der Waals surface area (Å²) in [6.07, 6.45) is 4.69. The van der Waals surface area contributed by atoms with Gasteiger partial charge in [-0.2, -0.15) is 5.10 Å². The van der Waals surface area contributed by atoms with Gasteiger partial charge in [-0.3, -0.25) is 9.67 Å². The monoisotopic (exact) mass is 488 g/mol. The number of likely N-dealkylation sites (N-methyl/N-ethyl adjacent to an activating group) is 1. The minimum Gasteiger partial charge on any atom is -0.357 e. The number of hydrogen-bond acceptors (Lipinski definition) is 3. The fraction of sp³-hybridized carbons (Fsp3) is 0.474. The van der Waals surface area contributed by atoms with E-state index in [4.69, 9.17) is 0 Å². The summed E-state index contributed by atoms with van der Waals surface area (Å²) in [7, 11) is 3.96. The molecule has 2 N–H and O–H groups in total. The van der Waals surface area contributed by atoms with Gasteiger partial charge in [0.05, 0.1) is 12.6 Å². The largest absolute Gasteiger partial charge is 0.357 e. The molecule has 6 nitrogen and oxygen atoms in total. The highest BCUT2D eigenvalue weighted by molar-refractivity contribution is 14.0. The molecule has 1 heterocycles. The molecular weight excluding hydrogens is 458 g/mol. The van der Waals surface area contributed by atoms with Crippen LogP contribution in [0.15, 0.2) is 47.7 Å². The first-order valence-corrected chi connectivity index (χ1v) is 9.01. The van der Waals surface area contributed by atoms with E-state index in [1.807, 2.05) is 44.0 Å². The SMILES string of the molecule is CCNC(=NCC(c1cccc(F)c1)N(C)C)NCCCn1cccn1.I. The van der Waals surface area contributed by atoms with Crippen molar-refractivity contribution in [3.05, 3.63) is 54.1 Å². The van der Waals surface area contributed by atoms with Crippen LogP contribution in [0, 0.1) is 5.82 Å². The van der Waals surface area contributed by atoms with Crippen molar-refractivity contribution in [1.29, 1.82) is 0 Å². The predicted molar refractivity (Wildman–Crippen MR) is 119 cm³/mol. The van der Waals surface area contributed by atoms with Gasteiger partial charge >= 0.3 is 0 Å². The van der Waals surface area contributed by atoms with Crippen molar-refractivity contribution in [2.24, 2.45) is 4.99 Å². The van der Waals surface area contributed by atoms with Gasteiger partial charge in [0, 0.05) is 32.0 Å². The Balaban J connectivity index is 0.00000364. The summed E-state index contributed by atoms with van der Waals surface area (Å²) in [5.74, 6) is 0.554. The van der Waals surface area contributed by atoms with Crippen molar-refractivity contribution in [2.45, 2.75) is 25.9 Å². The highest BCUT2D eigenvalue weighted by Gasteiger charge is 2.14. The van der Waals surface area contributed by atoms with Crippen LogP contribution >= 0.6 is 24.0 Å². The molecule has 0 saturated heterocycles. The van der Waals surface area contributed by atoms with Crippen LogP contribution in [-0.4, -0.2) is 54.4 Å².